The molecule has 2 rings (SSSR count). The first-order valence-corrected chi connectivity index (χ1v) is 4.71. The topological polar surface area (TPSA) is 12.0 Å². The number of fused-ring (bicyclic) bond motifs is 1. The first-order valence-electron chi connectivity index (χ1n) is 4.71. The molecule has 0 fully saturated rings. The van der Waals surface area contributed by atoms with E-state index in [9.17, 15) is 4.39 Å². The Hall–Kier alpha value is -0.890. The van der Waals surface area contributed by atoms with E-state index in [1.54, 1.807) is 6.07 Å². The summed E-state index contributed by atoms with van der Waals surface area (Å²) in [6.45, 7) is 4.91. The maximum absolute atomic E-state index is 13.5. The maximum Gasteiger partial charge on any atom is 0.128 e. The first kappa shape index (κ1) is 8.70. The highest BCUT2D eigenvalue weighted by molar-refractivity contribution is 5.36. The second-order valence-corrected chi connectivity index (χ2v) is 3.75. The van der Waals surface area contributed by atoms with Gasteiger partial charge in [0.05, 0.1) is 0 Å². The van der Waals surface area contributed by atoms with Gasteiger partial charge in [-0.25, -0.2) is 4.39 Å². The van der Waals surface area contributed by atoms with Crippen LogP contribution in [0.5, 0.6) is 0 Å². The summed E-state index contributed by atoms with van der Waals surface area (Å²) >= 11 is 0. The lowest BCUT2D eigenvalue weighted by atomic mass is 9.93. The molecular weight excluding hydrogens is 165 g/mol. The number of hydrogen-bond acceptors (Lipinski definition) is 1. The highest BCUT2D eigenvalue weighted by atomic mass is 19.1. The molecule has 1 aliphatic rings. The summed E-state index contributed by atoms with van der Waals surface area (Å²) in [5.74, 6) is -0.0605. The molecule has 1 atom stereocenters. The Morgan fingerprint density at radius 3 is 3.00 bits per heavy atom. The van der Waals surface area contributed by atoms with Gasteiger partial charge in [-0.1, -0.05) is 6.07 Å². The number of halogens is 1. The van der Waals surface area contributed by atoms with E-state index in [1.807, 2.05) is 13.8 Å². The zero-order valence-electron chi connectivity index (χ0n) is 8.02. The third kappa shape index (κ3) is 1.46. The highest BCUT2D eigenvalue weighted by Crippen LogP contribution is 2.26. The number of benzene rings is 1. The van der Waals surface area contributed by atoms with Crippen molar-refractivity contribution in [1.29, 1.82) is 0 Å². The van der Waals surface area contributed by atoms with Gasteiger partial charge >= 0.3 is 0 Å². The molecular formula is C11H14FN. The van der Waals surface area contributed by atoms with E-state index in [1.165, 1.54) is 5.56 Å². The Kier molecular flexibility index (Phi) is 2.08. The minimum Gasteiger partial charge on any atom is -0.310 e. The van der Waals surface area contributed by atoms with Crippen molar-refractivity contribution in [3.63, 3.8) is 0 Å². The summed E-state index contributed by atoms with van der Waals surface area (Å²) in [5, 5.41) is 3.26. The molecule has 1 aromatic carbocycles. The maximum atomic E-state index is 13.5. The van der Waals surface area contributed by atoms with Crippen LogP contribution in [0.3, 0.4) is 0 Å². The number of nitrogens with one attached hydrogen (secondary N) is 1. The molecule has 0 saturated carbocycles. The van der Waals surface area contributed by atoms with Crippen LogP contribution >= 0.6 is 0 Å². The number of hydrogen-bond donors (Lipinski definition) is 1. The fourth-order valence-electron chi connectivity index (χ4n) is 2.04. The van der Waals surface area contributed by atoms with Gasteiger partial charge in [0, 0.05) is 11.6 Å². The predicted octanol–water partition coefficient (Wildman–Crippen LogP) is 2.34. The lowest BCUT2D eigenvalue weighted by Gasteiger charge is -2.24. The van der Waals surface area contributed by atoms with Crippen molar-refractivity contribution in [3.8, 4) is 0 Å². The molecule has 0 saturated heterocycles. The average Bonchev–Trinajstić information content (AvgIpc) is 2.02. The summed E-state index contributed by atoms with van der Waals surface area (Å²) in [6.07, 6.45) is 0.943. The van der Waals surface area contributed by atoms with Gasteiger partial charge in [0.15, 0.2) is 0 Å². The van der Waals surface area contributed by atoms with Gasteiger partial charge in [0.25, 0.3) is 0 Å². The third-order valence-corrected chi connectivity index (χ3v) is 2.64. The lowest BCUT2D eigenvalue weighted by Crippen LogP contribution is -2.28. The molecule has 0 aliphatic carbocycles. The van der Waals surface area contributed by atoms with Crippen molar-refractivity contribution in [1.82, 2.24) is 5.32 Å². The molecule has 1 N–H and O–H groups in total. The molecule has 0 spiro atoms. The van der Waals surface area contributed by atoms with Crippen molar-refractivity contribution in [2.45, 2.75) is 26.3 Å². The van der Waals surface area contributed by atoms with Crippen molar-refractivity contribution in [3.05, 3.63) is 34.6 Å². The Bertz CT molecular complexity index is 333. The van der Waals surface area contributed by atoms with Gasteiger partial charge in [0.1, 0.15) is 5.82 Å². The third-order valence-electron chi connectivity index (χ3n) is 2.64. The fourth-order valence-corrected chi connectivity index (χ4v) is 2.04. The summed E-state index contributed by atoms with van der Waals surface area (Å²) in [6, 6.07) is 3.86. The molecule has 0 amide bonds. The minimum atomic E-state index is -0.0605. The van der Waals surface area contributed by atoms with Crippen LogP contribution in [-0.2, 0) is 6.42 Å². The van der Waals surface area contributed by atoms with E-state index >= 15 is 0 Å². The van der Waals surface area contributed by atoms with E-state index in [-0.39, 0.29) is 11.9 Å². The van der Waals surface area contributed by atoms with Crippen LogP contribution in [0.15, 0.2) is 12.1 Å². The zero-order chi connectivity index (χ0) is 9.42. The molecule has 0 bridgehead atoms. The van der Waals surface area contributed by atoms with E-state index < -0.39 is 0 Å². The van der Waals surface area contributed by atoms with Gasteiger partial charge in [0.2, 0.25) is 0 Å². The second kappa shape index (κ2) is 3.11. The monoisotopic (exact) mass is 179 g/mol. The molecule has 1 nitrogen and oxygen atoms in total. The van der Waals surface area contributed by atoms with E-state index in [0.29, 0.717) is 0 Å². The Labute approximate surface area is 78.0 Å². The van der Waals surface area contributed by atoms with Gasteiger partial charge < -0.3 is 5.32 Å². The normalized spacial score (nSPS) is 21.3. The first-order chi connectivity index (χ1) is 6.18. The number of aryl methyl sites for hydroxylation is 1. The molecule has 0 aromatic heterocycles. The Balaban J connectivity index is 2.56. The van der Waals surface area contributed by atoms with Crippen LogP contribution < -0.4 is 5.32 Å². The van der Waals surface area contributed by atoms with Crippen molar-refractivity contribution in [2.24, 2.45) is 0 Å². The SMILES string of the molecule is Cc1cc(F)c2c(c1)CCNC2C. The standard InChI is InChI=1S/C11H14FN/c1-7-5-9-3-4-13-8(2)11(9)10(12)6-7/h5-6,8,13H,3-4H2,1-2H3. The molecule has 1 aromatic rings. The smallest absolute Gasteiger partial charge is 0.128 e. The van der Waals surface area contributed by atoms with Gasteiger partial charge in [-0.15, -0.1) is 0 Å². The van der Waals surface area contributed by atoms with Crippen LogP contribution in [0.1, 0.15) is 29.7 Å². The molecule has 13 heavy (non-hydrogen) atoms. The number of rotatable bonds is 0. The van der Waals surface area contributed by atoms with Crippen molar-refractivity contribution >= 4 is 0 Å². The van der Waals surface area contributed by atoms with Crippen molar-refractivity contribution < 1.29 is 4.39 Å². The van der Waals surface area contributed by atoms with Gasteiger partial charge in [-0.3, -0.25) is 0 Å². The minimum absolute atomic E-state index is 0.0605. The molecule has 2 heteroatoms. The van der Waals surface area contributed by atoms with Crippen LogP contribution in [-0.4, -0.2) is 6.54 Å². The quantitative estimate of drug-likeness (QED) is 0.644. The summed E-state index contributed by atoms with van der Waals surface area (Å²) in [7, 11) is 0. The molecule has 0 radical (unpaired) electrons. The summed E-state index contributed by atoms with van der Waals surface area (Å²) in [4.78, 5) is 0. The largest absolute Gasteiger partial charge is 0.310 e. The summed E-state index contributed by atoms with van der Waals surface area (Å²) in [5.41, 5.74) is 3.05. The fraction of sp³-hybridized carbons (Fsp3) is 0.455. The summed E-state index contributed by atoms with van der Waals surface area (Å²) < 4.78 is 13.5. The lowest BCUT2D eigenvalue weighted by molar-refractivity contribution is 0.498. The Morgan fingerprint density at radius 1 is 1.46 bits per heavy atom. The molecule has 1 unspecified atom stereocenters. The second-order valence-electron chi connectivity index (χ2n) is 3.75. The van der Waals surface area contributed by atoms with Crippen LogP contribution in [0.25, 0.3) is 0 Å². The van der Waals surface area contributed by atoms with Crippen molar-refractivity contribution in [2.75, 3.05) is 6.54 Å². The van der Waals surface area contributed by atoms with E-state index in [4.69, 9.17) is 0 Å². The van der Waals surface area contributed by atoms with Crippen LogP contribution in [0.4, 0.5) is 4.39 Å². The Morgan fingerprint density at radius 2 is 2.23 bits per heavy atom. The van der Waals surface area contributed by atoms with Crippen LogP contribution in [0, 0.1) is 12.7 Å². The average molecular weight is 179 g/mol. The molecule has 1 aliphatic heterocycles. The predicted molar refractivity (Wildman–Crippen MR) is 51.3 cm³/mol. The van der Waals surface area contributed by atoms with E-state index in [2.05, 4.69) is 11.4 Å². The zero-order valence-corrected chi connectivity index (χ0v) is 8.02. The van der Waals surface area contributed by atoms with Gasteiger partial charge in [-0.05, 0) is 44.0 Å². The van der Waals surface area contributed by atoms with E-state index in [0.717, 1.165) is 24.1 Å². The molecule has 70 valence electrons. The molecule has 1 heterocycles. The highest BCUT2D eigenvalue weighted by Gasteiger charge is 2.19. The van der Waals surface area contributed by atoms with Gasteiger partial charge in [-0.2, -0.15) is 0 Å². The van der Waals surface area contributed by atoms with Crippen LogP contribution in [0.2, 0.25) is 0 Å².